The van der Waals surface area contributed by atoms with Gasteiger partial charge in [0.15, 0.2) is 0 Å². The van der Waals surface area contributed by atoms with Crippen molar-refractivity contribution in [1.82, 2.24) is 15.5 Å². The number of carbonyl (C=O) groups excluding carboxylic acids is 3. The van der Waals surface area contributed by atoms with Crippen LogP contribution in [0.15, 0.2) is 18.2 Å². The van der Waals surface area contributed by atoms with E-state index in [-0.39, 0.29) is 24.9 Å². The Labute approximate surface area is 162 Å². The van der Waals surface area contributed by atoms with Crippen LogP contribution in [-0.2, 0) is 16.3 Å². The summed E-state index contributed by atoms with van der Waals surface area (Å²) in [6.45, 7) is 4.47. The van der Waals surface area contributed by atoms with Gasteiger partial charge in [0.2, 0.25) is 11.8 Å². The fourth-order valence-electron chi connectivity index (χ4n) is 3.06. The molecule has 1 aromatic rings. The number of carbonyl (C=O) groups is 3. The van der Waals surface area contributed by atoms with Crippen LogP contribution < -0.4 is 15.5 Å². The Morgan fingerprint density at radius 2 is 2.04 bits per heavy atom. The maximum absolute atomic E-state index is 13.0. The van der Waals surface area contributed by atoms with Gasteiger partial charge in [-0.1, -0.05) is 11.6 Å². The molecule has 1 atom stereocenters. The average Bonchev–Trinajstić information content (AvgIpc) is 2.61. The van der Waals surface area contributed by atoms with Crippen molar-refractivity contribution in [2.75, 3.05) is 31.1 Å². The van der Waals surface area contributed by atoms with Crippen LogP contribution in [0.25, 0.3) is 0 Å². The van der Waals surface area contributed by atoms with Crippen molar-refractivity contribution >= 4 is 35.1 Å². The Morgan fingerprint density at radius 1 is 1.30 bits per heavy atom. The van der Waals surface area contributed by atoms with Crippen LogP contribution in [0, 0.1) is 0 Å². The van der Waals surface area contributed by atoms with Crippen molar-refractivity contribution in [3.63, 3.8) is 0 Å². The molecule has 1 aliphatic rings. The Balaban J connectivity index is 1.86. The molecule has 0 unspecified atom stereocenters. The summed E-state index contributed by atoms with van der Waals surface area (Å²) in [5, 5.41) is 4.96. The van der Waals surface area contributed by atoms with Crippen LogP contribution in [0.4, 0.5) is 14.9 Å². The van der Waals surface area contributed by atoms with Gasteiger partial charge >= 0.3 is 6.03 Å². The third-order valence-corrected chi connectivity index (χ3v) is 4.77. The number of nitrogens with zero attached hydrogens (tertiary/aromatic N) is 2. The molecule has 2 rings (SSSR count). The molecule has 0 spiro atoms. The van der Waals surface area contributed by atoms with Crippen molar-refractivity contribution < 1.29 is 18.8 Å². The van der Waals surface area contributed by atoms with Crippen molar-refractivity contribution in [1.29, 1.82) is 0 Å². The molecule has 2 N–H and O–H groups in total. The van der Waals surface area contributed by atoms with E-state index < -0.39 is 18.6 Å². The molecule has 148 valence electrons. The first kappa shape index (κ1) is 21.0. The molecule has 9 heteroatoms. The van der Waals surface area contributed by atoms with E-state index in [1.165, 1.54) is 6.92 Å². The Kier molecular flexibility index (Phi) is 7.41. The summed E-state index contributed by atoms with van der Waals surface area (Å²) in [6, 6.07) is 4.74. The summed E-state index contributed by atoms with van der Waals surface area (Å²) in [7, 11) is 0. The second-order valence-corrected chi connectivity index (χ2v) is 6.89. The first-order chi connectivity index (χ1) is 12.8. The van der Waals surface area contributed by atoms with Gasteiger partial charge in [0.1, 0.15) is 6.67 Å². The topological polar surface area (TPSA) is 81.8 Å². The molecular weight excluding hydrogens is 375 g/mol. The summed E-state index contributed by atoms with van der Waals surface area (Å²) >= 11 is 5.97. The van der Waals surface area contributed by atoms with E-state index in [1.807, 2.05) is 13.0 Å². The van der Waals surface area contributed by atoms with Crippen LogP contribution in [0.2, 0.25) is 5.02 Å². The van der Waals surface area contributed by atoms with Gasteiger partial charge in [0.25, 0.3) is 0 Å². The highest BCUT2D eigenvalue weighted by atomic mass is 35.5. The van der Waals surface area contributed by atoms with E-state index in [0.717, 1.165) is 5.69 Å². The van der Waals surface area contributed by atoms with E-state index in [2.05, 4.69) is 15.5 Å². The minimum atomic E-state index is -0.621. The standard InChI is InChI=1S/C18H24ClFN4O3/c1-12-11-23(17(26)5-6-21-18(27)22-13(2)25)7-8-24(12)15-3-4-16(19)14(9-15)10-20/h3-4,9,12H,5-8,10-11H2,1-2H3,(H2,21,22,25,27)/t12-/m0/s1. The normalized spacial score (nSPS) is 16.8. The number of alkyl halides is 1. The molecule has 0 aromatic heterocycles. The van der Waals surface area contributed by atoms with E-state index in [1.54, 1.807) is 17.0 Å². The lowest BCUT2D eigenvalue weighted by Crippen LogP contribution is -2.54. The molecule has 4 amide bonds. The molecule has 0 aliphatic carbocycles. The molecule has 0 bridgehead atoms. The number of hydrogen-bond donors (Lipinski definition) is 2. The van der Waals surface area contributed by atoms with E-state index in [4.69, 9.17) is 11.6 Å². The average molecular weight is 399 g/mol. The first-order valence-corrected chi connectivity index (χ1v) is 9.13. The van der Waals surface area contributed by atoms with Crippen LogP contribution in [0.1, 0.15) is 25.8 Å². The zero-order valence-electron chi connectivity index (χ0n) is 15.4. The molecule has 1 saturated heterocycles. The van der Waals surface area contributed by atoms with Crippen LogP contribution >= 0.6 is 11.6 Å². The van der Waals surface area contributed by atoms with Crippen molar-refractivity contribution in [2.24, 2.45) is 0 Å². The van der Waals surface area contributed by atoms with E-state index in [9.17, 15) is 18.8 Å². The smallest absolute Gasteiger partial charge is 0.321 e. The molecule has 0 saturated carbocycles. The first-order valence-electron chi connectivity index (χ1n) is 8.76. The molecule has 1 aromatic carbocycles. The highest BCUT2D eigenvalue weighted by Gasteiger charge is 2.27. The third-order valence-electron chi connectivity index (χ3n) is 4.40. The lowest BCUT2D eigenvalue weighted by atomic mass is 10.1. The fourth-order valence-corrected chi connectivity index (χ4v) is 3.22. The van der Waals surface area contributed by atoms with Crippen LogP contribution in [0.5, 0.6) is 0 Å². The van der Waals surface area contributed by atoms with Crippen molar-refractivity contribution in [3.8, 4) is 0 Å². The largest absolute Gasteiger partial charge is 0.365 e. The van der Waals surface area contributed by atoms with Crippen LogP contribution in [-0.4, -0.2) is 55.0 Å². The highest BCUT2D eigenvalue weighted by Crippen LogP contribution is 2.27. The number of halogens is 2. The molecular formula is C18H24ClFN4O3. The van der Waals surface area contributed by atoms with Gasteiger partial charge in [-0.3, -0.25) is 14.9 Å². The van der Waals surface area contributed by atoms with Gasteiger partial charge in [0.05, 0.1) is 0 Å². The predicted octanol–water partition coefficient (Wildman–Crippen LogP) is 2.08. The van der Waals surface area contributed by atoms with Crippen molar-refractivity contribution in [3.05, 3.63) is 28.8 Å². The van der Waals surface area contributed by atoms with E-state index in [0.29, 0.717) is 30.2 Å². The maximum atomic E-state index is 13.0. The van der Waals surface area contributed by atoms with Gasteiger partial charge in [-0.15, -0.1) is 0 Å². The maximum Gasteiger partial charge on any atom is 0.321 e. The third kappa shape index (κ3) is 5.82. The lowest BCUT2D eigenvalue weighted by molar-refractivity contribution is -0.131. The predicted molar refractivity (Wildman–Crippen MR) is 101 cm³/mol. The minimum absolute atomic E-state index is 0.0605. The molecule has 27 heavy (non-hydrogen) atoms. The summed E-state index contributed by atoms with van der Waals surface area (Å²) in [5.41, 5.74) is 1.34. The lowest BCUT2D eigenvalue weighted by Gasteiger charge is -2.41. The zero-order chi connectivity index (χ0) is 20.0. The number of nitrogens with one attached hydrogen (secondary N) is 2. The second kappa shape index (κ2) is 9.55. The number of urea groups is 1. The zero-order valence-corrected chi connectivity index (χ0v) is 16.2. The highest BCUT2D eigenvalue weighted by molar-refractivity contribution is 6.31. The Morgan fingerprint density at radius 3 is 2.67 bits per heavy atom. The Hall–Kier alpha value is -2.35. The van der Waals surface area contributed by atoms with Gasteiger partial charge in [-0.05, 0) is 25.1 Å². The SMILES string of the molecule is CC(=O)NC(=O)NCCC(=O)N1CCN(c2ccc(Cl)c(CF)c2)[C@@H](C)C1. The summed E-state index contributed by atoms with van der Waals surface area (Å²) in [5.74, 6) is -0.521. The number of anilines is 1. The molecule has 1 heterocycles. The number of benzene rings is 1. The van der Waals surface area contributed by atoms with Gasteiger partial charge < -0.3 is 15.1 Å². The summed E-state index contributed by atoms with van der Waals surface area (Å²) in [4.78, 5) is 38.3. The van der Waals surface area contributed by atoms with Gasteiger partial charge in [-0.25, -0.2) is 9.18 Å². The molecule has 0 radical (unpaired) electrons. The van der Waals surface area contributed by atoms with Crippen molar-refractivity contribution in [2.45, 2.75) is 33.0 Å². The van der Waals surface area contributed by atoms with Gasteiger partial charge in [-0.2, -0.15) is 0 Å². The quantitative estimate of drug-likeness (QED) is 0.795. The second-order valence-electron chi connectivity index (χ2n) is 6.48. The number of amides is 4. The number of hydrogen-bond acceptors (Lipinski definition) is 4. The molecule has 1 aliphatic heterocycles. The van der Waals surface area contributed by atoms with E-state index >= 15 is 0 Å². The Bertz CT molecular complexity index is 716. The van der Waals surface area contributed by atoms with Gasteiger partial charge in [0, 0.05) is 61.8 Å². The minimum Gasteiger partial charge on any atom is -0.365 e. The fraction of sp³-hybridized carbons (Fsp3) is 0.500. The monoisotopic (exact) mass is 398 g/mol. The number of imide groups is 1. The summed E-state index contributed by atoms with van der Waals surface area (Å²) in [6.07, 6.45) is 0.158. The summed E-state index contributed by atoms with van der Waals surface area (Å²) < 4.78 is 13.0. The number of piperazine rings is 1. The van der Waals surface area contributed by atoms with Crippen LogP contribution in [0.3, 0.4) is 0 Å². The number of rotatable bonds is 5. The molecule has 7 nitrogen and oxygen atoms in total. The molecule has 1 fully saturated rings.